The maximum absolute atomic E-state index is 3.73. The minimum atomic E-state index is 1.06. The van der Waals surface area contributed by atoms with E-state index in [0.29, 0.717) is 0 Å². The monoisotopic (exact) mass is 265 g/mol. The van der Waals surface area contributed by atoms with E-state index in [4.69, 9.17) is 0 Å². The molecule has 1 radical (unpaired) electrons. The van der Waals surface area contributed by atoms with Crippen LogP contribution in [0.4, 0.5) is 0 Å². The Morgan fingerprint density at radius 1 is 1.15 bits per heavy atom. The van der Waals surface area contributed by atoms with Gasteiger partial charge in [0.25, 0.3) is 0 Å². The van der Waals surface area contributed by atoms with Crippen LogP contribution < -0.4 is 5.46 Å². The van der Waals surface area contributed by atoms with Crippen molar-refractivity contribution in [1.82, 2.24) is 9.71 Å². The molecule has 0 atom stereocenters. The van der Waals surface area contributed by atoms with E-state index in [-0.39, 0.29) is 0 Å². The average molecular weight is 265 g/mol. The minimum absolute atomic E-state index is 1.06. The second kappa shape index (κ2) is 7.76. The number of benzene rings is 1. The maximum atomic E-state index is 3.73. The first-order chi connectivity index (χ1) is 9.83. The predicted octanol–water partition coefficient (Wildman–Crippen LogP) is 2.19. The van der Waals surface area contributed by atoms with E-state index in [1.54, 1.807) is 0 Å². The topological polar surface area (TPSA) is 6.48 Å². The van der Waals surface area contributed by atoms with Crippen molar-refractivity contribution in [2.45, 2.75) is 6.92 Å². The molecule has 1 aliphatic heterocycles. The van der Waals surface area contributed by atoms with Gasteiger partial charge in [-0.2, -0.15) is 0 Å². The van der Waals surface area contributed by atoms with Crippen molar-refractivity contribution in [3.8, 4) is 0 Å². The first-order valence-electron chi connectivity index (χ1n) is 7.18. The molecule has 0 unspecified atom stereocenters. The number of piperazine rings is 1. The van der Waals surface area contributed by atoms with Crippen LogP contribution in [0.1, 0.15) is 6.92 Å². The highest BCUT2D eigenvalue weighted by atomic mass is 15.2. The predicted molar refractivity (Wildman–Crippen MR) is 88.1 cm³/mol. The van der Waals surface area contributed by atoms with Gasteiger partial charge in [-0.3, -0.25) is 0 Å². The highest BCUT2D eigenvalue weighted by Crippen LogP contribution is 2.10. The Morgan fingerprint density at radius 2 is 1.85 bits per heavy atom. The molecule has 1 heterocycles. The fourth-order valence-corrected chi connectivity index (χ4v) is 2.41. The zero-order chi connectivity index (χ0) is 14.2. The van der Waals surface area contributed by atoms with Crippen molar-refractivity contribution in [1.29, 1.82) is 0 Å². The number of allylic oxidation sites excluding steroid dienone is 4. The lowest BCUT2D eigenvalue weighted by atomic mass is 9.80. The van der Waals surface area contributed by atoms with Crippen LogP contribution in [0, 0.1) is 0 Å². The summed E-state index contributed by atoms with van der Waals surface area (Å²) in [4.78, 5) is 4.83. The van der Waals surface area contributed by atoms with E-state index >= 15 is 0 Å². The van der Waals surface area contributed by atoms with Crippen molar-refractivity contribution in [3.05, 3.63) is 66.9 Å². The van der Waals surface area contributed by atoms with E-state index in [1.165, 1.54) is 11.2 Å². The van der Waals surface area contributed by atoms with Gasteiger partial charge in [0.05, 0.1) is 0 Å². The third-order valence-corrected chi connectivity index (χ3v) is 3.51. The molecule has 1 fully saturated rings. The Morgan fingerprint density at radius 3 is 2.45 bits per heavy atom. The van der Waals surface area contributed by atoms with Crippen LogP contribution in [0.2, 0.25) is 0 Å². The Kier molecular flexibility index (Phi) is 5.69. The molecular weight excluding hydrogens is 243 g/mol. The van der Waals surface area contributed by atoms with Gasteiger partial charge in [0.2, 0.25) is 7.41 Å². The molecule has 2 rings (SSSR count). The van der Waals surface area contributed by atoms with Gasteiger partial charge in [-0.15, -0.1) is 0 Å². The molecule has 0 bridgehead atoms. The normalized spacial score (nSPS) is 17.4. The number of nitrogens with zero attached hydrogens (tertiary/aromatic N) is 2. The third-order valence-electron chi connectivity index (χ3n) is 3.51. The first kappa shape index (κ1) is 14.7. The van der Waals surface area contributed by atoms with Crippen LogP contribution in [0.3, 0.4) is 0 Å². The van der Waals surface area contributed by atoms with Crippen molar-refractivity contribution in [2.75, 3.05) is 26.2 Å². The average Bonchev–Trinajstić information content (AvgIpc) is 2.50. The van der Waals surface area contributed by atoms with Crippen LogP contribution in [-0.4, -0.2) is 43.3 Å². The number of hydrogen-bond acceptors (Lipinski definition) is 2. The molecule has 1 aromatic carbocycles. The van der Waals surface area contributed by atoms with Gasteiger partial charge in [-0.25, -0.2) is 0 Å². The highest BCUT2D eigenvalue weighted by Gasteiger charge is 2.17. The molecule has 0 saturated carbocycles. The van der Waals surface area contributed by atoms with E-state index in [1.807, 2.05) is 12.2 Å². The molecule has 0 aliphatic carbocycles. The molecule has 0 aromatic heterocycles. The lowest BCUT2D eigenvalue weighted by Crippen LogP contribution is -2.49. The third kappa shape index (κ3) is 4.14. The van der Waals surface area contributed by atoms with Crippen LogP contribution >= 0.6 is 0 Å². The zero-order valence-corrected chi connectivity index (χ0v) is 12.2. The molecule has 0 N–H and O–H groups in total. The molecule has 3 heteroatoms. The van der Waals surface area contributed by atoms with E-state index in [9.17, 15) is 0 Å². The molecule has 0 amide bonds. The van der Waals surface area contributed by atoms with Crippen molar-refractivity contribution >= 4 is 12.9 Å². The molecular formula is C17H22BN2. The smallest absolute Gasteiger partial charge is 0.247 e. The molecule has 20 heavy (non-hydrogen) atoms. The van der Waals surface area contributed by atoms with Crippen molar-refractivity contribution < 1.29 is 0 Å². The zero-order valence-electron chi connectivity index (χ0n) is 12.2. The summed E-state index contributed by atoms with van der Waals surface area (Å²) in [6.07, 6.45) is 8.11. The van der Waals surface area contributed by atoms with Gasteiger partial charge < -0.3 is 9.71 Å². The van der Waals surface area contributed by atoms with E-state index in [2.05, 4.69) is 73.1 Å². The van der Waals surface area contributed by atoms with Crippen molar-refractivity contribution in [3.63, 3.8) is 0 Å². The van der Waals surface area contributed by atoms with Crippen LogP contribution in [0.15, 0.2) is 66.9 Å². The quantitative estimate of drug-likeness (QED) is 0.595. The fraction of sp³-hybridized carbons (Fsp3) is 0.294. The molecule has 1 aliphatic rings. The molecule has 103 valence electrons. The maximum Gasteiger partial charge on any atom is 0.247 e. The van der Waals surface area contributed by atoms with Gasteiger partial charge >= 0.3 is 0 Å². The standard InChI is InChI=1S/C17H22BN2/c1-3-5-11-17(4-2)19-12-14-20(15-13-19)18-16-9-7-6-8-10-16/h3-11H,1,12-15H2,2H3/b11-5-,17-4+. The molecule has 0 spiro atoms. The summed E-state index contributed by atoms with van der Waals surface area (Å²) in [5.74, 6) is 0. The first-order valence-corrected chi connectivity index (χ1v) is 7.18. The number of hydrogen-bond donors (Lipinski definition) is 0. The summed E-state index contributed by atoms with van der Waals surface area (Å²) in [5, 5.41) is 0. The molecule has 2 nitrogen and oxygen atoms in total. The summed E-state index contributed by atoms with van der Waals surface area (Å²) in [6, 6.07) is 10.5. The van der Waals surface area contributed by atoms with Crippen LogP contribution in [0.5, 0.6) is 0 Å². The van der Waals surface area contributed by atoms with Crippen molar-refractivity contribution in [2.24, 2.45) is 0 Å². The Balaban J connectivity index is 1.86. The summed E-state index contributed by atoms with van der Waals surface area (Å²) in [5.41, 5.74) is 2.56. The van der Waals surface area contributed by atoms with Gasteiger partial charge in [-0.1, -0.05) is 60.6 Å². The largest absolute Gasteiger partial charge is 0.369 e. The summed E-state index contributed by atoms with van der Waals surface area (Å²) < 4.78 is 0. The minimum Gasteiger partial charge on any atom is -0.369 e. The van der Waals surface area contributed by atoms with Gasteiger partial charge in [0.15, 0.2) is 0 Å². The van der Waals surface area contributed by atoms with Gasteiger partial charge in [0.1, 0.15) is 0 Å². The Bertz CT molecular complexity index is 471. The SMILES string of the molecule is C=C/C=C\C(=C/C)N1CCN([B]c2ccccc2)CC1. The van der Waals surface area contributed by atoms with Crippen LogP contribution in [0.25, 0.3) is 0 Å². The van der Waals surface area contributed by atoms with Gasteiger partial charge in [0, 0.05) is 31.9 Å². The number of rotatable bonds is 5. The molecule has 1 saturated heterocycles. The Hall–Kier alpha value is -1.74. The van der Waals surface area contributed by atoms with Gasteiger partial charge in [-0.05, 0) is 13.0 Å². The summed E-state index contributed by atoms with van der Waals surface area (Å²) in [6.45, 7) is 10.1. The lowest BCUT2D eigenvalue weighted by molar-refractivity contribution is 0.237. The van der Waals surface area contributed by atoms with E-state index < -0.39 is 0 Å². The van der Waals surface area contributed by atoms with Crippen LogP contribution in [-0.2, 0) is 0 Å². The summed E-state index contributed by atoms with van der Waals surface area (Å²) >= 11 is 0. The fourth-order valence-electron chi connectivity index (χ4n) is 2.41. The molecule has 1 aromatic rings. The second-order valence-electron chi connectivity index (χ2n) is 4.87. The highest BCUT2D eigenvalue weighted by molar-refractivity contribution is 6.50. The second-order valence-corrected chi connectivity index (χ2v) is 4.87. The van der Waals surface area contributed by atoms with E-state index in [0.717, 1.165) is 26.2 Å². The Labute approximate surface area is 123 Å². The summed E-state index contributed by atoms with van der Waals surface area (Å²) in [7, 11) is 2.26. The lowest BCUT2D eigenvalue weighted by Gasteiger charge is -2.36.